The lowest BCUT2D eigenvalue weighted by Gasteiger charge is -2.03. The minimum Gasteiger partial charge on any atom is -0.354 e. The molecule has 0 spiro atoms. The Morgan fingerprint density at radius 2 is 1.18 bits per heavy atom. The molecule has 2 heterocycles. The summed E-state index contributed by atoms with van der Waals surface area (Å²) in [5.41, 5.74) is 6.33. The number of para-hydroxylation sites is 2. The number of H-pyrrole nitrogens is 2. The molecule has 2 N–H and O–H groups in total. The maximum Gasteiger partial charge on any atom is 0.0518 e. The maximum absolute atomic E-state index is 3.61. The van der Waals surface area contributed by atoms with E-state index in [1.54, 1.807) is 0 Å². The van der Waals surface area contributed by atoms with Crippen LogP contribution in [0.2, 0.25) is 0 Å². The van der Waals surface area contributed by atoms with Gasteiger partial charge in [-0.15, -0.1) is 0 Å². The topological polar surface area (TPSA) is 31.6 Å². The fourth-order valence-electron chi connectivity index (χ4n) is 3.73. The third kappa shape index (κ3) is 1.39. The molecule has 3 aromatic carbocycles. The van der Waals surface area contributed by atoms with Crippen LogP contribution in [0.5, 0.6) is 0 Å². The molecule has 0 fully saturated rings. The standard InChI is InChI=1S/C20H16N2/c1-2-12-19-15(13-7-3-5-9-17(13)21-19)11-16-14-8-4-6-10-18(14)22-20(12)16/h3-11,21-22H,2H2,1H3. The van der Waals surface area contributed by atoms with Crippen LogP contribution in [0.3, 0.4) is 0 Å². The second-order valence-corrected chi connectivity index (χ2v) is 5.89. The van der Waals surface area contributed by atoms with E-state index in [-0.39, 0.29) is 0 Å². The van der Waals surface area contributed by atoms with Crippen LogP contribution < -0.4 is 0 Å². The molecule has 5 rings (SSSR count). The molecule has 106 valence electrons. The lowest BCUT2D eigenvalue weighted by Crippen LogP contribution is -1.85. The highest BCUT2D eigenvalue weighted by molar-refractivity contribution is 6.19. The van der Waals surface area contributed by atoms with E-state index < -0.39 is 0 Å². The first-order valence-electron chi connectivity index (χ1n) is 7.79. The number of aromatic nitrogens is 2. The van der Waals surface area contributed by atoms with E-state index in [9.17, 15) is 0 Å². The number of aryl methyl sites for hydroxylation is 1. The smallest absolute Gasteiger partial charge is 0.0518 e. The average Bonchev–Trinajstić information content (AvgIpc) is 3.11. The van der Waals surface area contributed by atoms with E-state index in [1.807, 2.05) is 0 Å². The van der Waals surface area contributed by atoms with Gasteiger partial charge >= 0.3 is 0 Å². The summed E-state index contributed by atoms with van der Waals surface area (Å²) >= 11 is 0. The van der Waals surface area contributed by atoms with E-state index in [1.165, 1.54) is 49.2 Å². The third-order valence-electron chi connectivity index (χ3n) is 4.74. The van der Waals surface area contributed by atoms with Gasteiger partial charge in [0.1, 0.15) is 0 Å². The molecule has 0 amide bonds. The number of aromatic amines is 2. The summed E-state index contributed by atoms with van der Waals surface area (Å²) in [6.07, 6.45) is 1.01. The number of rotatable bonds is 1. The Hall–Kier alpha value is -2.74. The van der Waals surface area contributed by atoms with E-state index >= 15 is 0 Å². The molecule has 2 heteroatoms. The molecule has 0 radical (unpaired) electrons. The van der Waals surface area contributed by atoms with Crippen LogP contribution >= 0.6 is 0 Å². The summed E-state index contributed by atoms with van der Waals surface area (Å²) in [6.45, 7) is 2.23. The molecule has 0 aliphatic carbocycles. The number of benzene rings is 3. The number of nitrogens with one attached hydrogen (secondary N) is 2. The quantitative estimate of drug-likeness (QED) is 0.406. The molecule has 0 atom stereocenters. The summed E-state index contributed by atoms with van der Waals surface area (Å²) < 4.78 is 0. The molecule has 0 aliphatic rings. The Morgan fingerprint density at radius 3 is 1.68 bits per heavy atom. The van der Waals surface area contributed by atoms with Crippen LogP contribution in [-0.4, -0.2) is 9.97 Å². The molecule has 0 bridgehead atoms. The van der Waals surface area contributed by atoms with Crippen molar-refractivity contribution < 1.29 is 0 Å². The molecule has 2 nitrogen and oxygen atoms in total. The van der Waals surface area contributed by atoms with Crippen LogP contribution in [0, 0.1) is 0 Å². The summed E-state index contributed by atoms with van der Waals surface area (Å²) in [4.78, 5) is 7.23. The first-order valence-corrected chi connectivity index (χ1v) is 7.79. The predicted molar refractivity (Wildman–Crippen MR) is 94.5 cm³/mol. The first-order chi connectivity index (χ1) is 10.9. The van der Waals surface area contributed by atoms with E-state index in [4.69, 9.17) is 0 Å². The molecular formula is C20H16N2. The summed E-state index contributed by atoms with van der Waals surface area (Å²) in [6, 6.07) is 19.4. The van der Waals surface area contributed by atoms with E-state index in [0.29, 0.717) is 0 Å². The lowest BCUT2D eigenvalue weighted by atomic mass is 10.0. The zero-order chi connectivity index (χ0) is 14.7. The van der Waals surface area contributed by atoms with Gasteiger partial charge < -0.3 is 9.97 Å². The van der Waals surface area contributed by atoms with Crippen molar-refractivity contribution >= 4 is 43.6 Å². The van der Waals surface area contributed by atoms with Gasteiger partial charge in [0.2, 0.25) is 0 Å². The average molecular weight is 284 g/mol. The van der Waals surface area contributed by atoms with Crippen molar-refractivity contribution in [2.24, 2.45) is 0 Å². The van der Waals surface area contributed by atoms with Crippen molar-refractivity contribution in [2.45, 2.75) is 13.3 Å². The molecule has 0 aliphatic heterocycles. The minimum absolute atomic E-state index is 1.01. The zero-order valence-corrected chi connectivity index (χ0v) is 12.4. The summed E-state index contributed by atoms with van der Waals surface area (Å²) in [7, 11) is 0. The van der Waals surface area contributed by atoms with Crippen molar-refractivity contribution in [1.82, 2.24) is 9.97 Å². The van der Waals surface area contributed by atoms with Crippen molar-refractivity contribution in [3.63, 3.8) is 0 Å². The van der Waals surface area contributed by atoms with Crippen molar-refractivity contribution in [1.29, 1.82) is 0 Å². The van der Waals surface area contributed by atoms with Gasteiger partial charge in [-0.25, -0.2) is 0 Å². The third-order valence-corrected chi connectivity index (χ3v) is 4.74. The van der Waals surface area contributed by atoms with Crippen LogP contribution in [0.25, 0.3) is 43.6 Å². The van der Waals surface area contributed by atoms with Crippen molar-refractivity contribution in [3.8, 4) is 0 Å². The molecule has 5 aromatic rings. The van der Waals surface area contributed by atoms with E-state index in [0.717, 1.165) is 6.42 Å². The normalized spacial score (nSPS) is 12.0. The fourth-order valence-corrected chi connectivity index (χ4v) is 3.73. The van der Waals surface area contributed by atoms with Gasteiger partial charge in [0.05, 0.1) is 11.0 Å². The van der Waals surface area contributed by atoms with Crippen molar-refractivity contribution in [3.05, 3.63) is 60.2 Å². The van der Waals surface area contributed by atoms with Gasteiger partial charge in [0.25, 0.3) is 0 Å². The van der Waals surface area contributed by atoms with Crippen LogP contribution in [0.1, 0.15) is 12.5 Å². The molecular weight excluding hydrogens is 268 g/mol. The minimum atomic E-state index is 1.01. The highest BCUT2D eigenvalue weighted by Crippen LogP contribution is 2.36. The Bertz CT molecular complexity index is 1070. The molecule has 0 saturated carbocycles. The van der Waals surface area contributed by atoms with Crippen molar-refractivity contribution in [2.75, 3.05) is 0 Å². The highest BCUT2D eigenvalue weighted by Gasteiger charge is 2.14. The largest absolute Gasteiger partial charge is 0.354 e. The fraction of sp³-hybridized carbons (Fsp3) is 0.100. The predicted octanol–water partition coefficient (Wildman–Crippen LogP) is 5.52. The monoisotopic (exact) mass is 284 g/mol. The first kappa shape index (κ1) is 11.9. The zero-order valence-electron chi connectivity index (χ0n) is 12.4. The lowest BCUT2D eigenvalue weighted by molar-refractivity contribution is 1.16. The summed E-state index contributed by atoms with van der Waals surface area (Å²) in [5, 5.41) is 5.26. The van der Waals surface area contributed by atoms with Gasteiger partial charge in [-0.1, -0.05) is 43.3 Å². The second-order valence-electron chi connectivity index (χ2n) is 5.89. The molecule has 0 saturated heterocycles. The van der Waals surface area contributed by atoms with Gasteiger partial charge in [-0.2, -0.15) is 0 Å². The molecule has 22 heavy (non-hydrogen) atoms. The highest BCUT2D eigenvalue weighted by atomic mass is 14.7. The van der Waals surface area contributed by atoms with Crippen LogP contribution in [0.15, 0.2) is 54.6 Å². The Kier molecular flexibility index (Phi) is 2.23. The van der Waals surface area contributed by atoms with E-state index in [2.05, 4.69) is 71.5 Å². The molecule has 0 unspecified atom stereocenters. The maximum atomic E-state index is 3.61. The van der Waals surface area contributed by atoms with Crippen LogP contribution in [-0.2, 0) is 6.42 Å². The number of hydrogen-bond donors (Lipinski definition) is 2. The Labute approximate surface area is 127 Å². The van der Waals surface area contributed by atoms with Gasteiger partial charge in [0, 0.05) is 38.1 Å². The number of fused-ring (bicyclic) bond motifs is 6. The second kappa shape index (κ2) is 4.14. The van der Waals surface area contributed by atoms with Crippen LogP contribution in [0.4, 0.5) is 0 Å². The van der Waals surface area contributed by atoms with Gasteiger partial charge in [0.15, 0.2) is 0 Å². The Morgan fingerprint density at radius 1 is 0.682 bits per heavy atom. The Balaban J connectivity index is 2.10. The SMILES string of the molecule is CCc1c2[nH]c3ccccc3c2cc2c1[nH]c1ccccc12. The summed E-state index contributed by atoms with van der Waals surface area (Å²) in [5.74, 6) is 0. The van der Waals surface area contributed by atoms with Gasteiger partial charge in [-0.3, -0.25) is 0 Å². The molecule has 2 aromatic heterocycles. The number of hydrogen-bond acceptors (Lipinski definition) is 0. The van der Waals surface area contributed by atoms with Gasteiger partial charge in [-0.05, 0) is 24.6 Å².